The smallest absolute Gasteiger partial charge is 0.0640 e. The van der Waals surface area contributed by atoms with Crippen LogP contribution in [0.3, 0.4) is 0 Å². The molecular weight excluding hydrogens is 258 g/mol. The first-order valence-electron chi connectivity index (χ1n) is 9.02. The molecule has 0 amide bonds. The average Bonchev–Trinajstić information content (AvgIpc) is 3.00. The van der Waals surface area contributed by atoms with E-state index >= 15 is 0 Å². The molecule has 1 heterocycles. The summed E-state index contributed by atoms with van der Waals surface area (Å²) in [5, 5.41) is 8.59. The number of hydrogen-bond donors (Lipinski definition) is 1. The van der Waals surface area contributed by atoms with Crippen LogP contribution in [-0.4, -0.2) is 22.4 Å². The van der Waals surface area contributed by atoms with Gasteiger partial charge in [-0.05, 0) is 51.1 Å². The van der Waals surface area contributed by atoms with Crippen molar-refractivity contribution >= 4 is 0 Å². The number of hydrogen-bond acceptors (Lipinski definition) is 2. The Labute approximate surface area is 130 Å². The van der Waals surface area contributed by atoms with E-state index in [9.17, 15) is 0 Å². The fraction of sp³-hybridized carbons (Fsp3) is 0.833. The van der Waals surface area contributed by atoms with Gasteiger partial charge in [-0.3, -0.25) is 4.68 Å². The Morgan fingerprint density at radius 1 is 1.29 bits per heavy atom. The minimum atomic E-state index is 0.510. The van der Waals surface area contributed by atoms with Crippen molar-refractivity contribution in [1.29, 1.82) is 0 Å². The van der Waals surface area contributed by atoms with E-state index in [4.69, 9.17) is 5.10 Å². The van der Waals surface area contributed by atoms with Gasteiger partial charge in [0, 0.05) is 24.7 Å². The van der Waals surface area contributed by atoms with Crippen LogP contribution in [0.5, 0.6) is 0 Å². The normalized spacial score (nSPS) is 19.6. The van der Waals surface area contributed by atoms with Crippen molar-refractivity contribution in [1.82, 2.24) is 15.1 Å². The molecule has 0 radical (unpaired) electrons. The van der Waals surface area contributed by atoms with Crippen LogP contribution in [0, 0.1) is 5.92 Å². The number of nitrogens with one attached hydrogen (secondary N) is 1. The zero-order valence-electron chi connectivity index (χ0n) is 14.1. The zero-order chi connectivity index (χ0) is 15.1. The summed E-state index contributed by atoms with van der Waals surface area (Å²) in [7, 11) is 0. The van der Waals surface area contributed by atoms with E-state index in [1.165, 1.54) is 44.2 Å². The summed E-state index contributed by atoms with van der Waals surface area (Å²) in [5.74, 6) is 0.846. The molecule has 120 valence electrons. The standard InChI is InChI=1S/C18H33N3/c1-4-12-19-18(16-9-7-6-8-10-16)14-17-11-13-21(20-17)15(3)5-2/h11,13,15-16,18-19H,4-10,12,14H2,1-3H3. The molecule has 1 N–H and O–H groups in total. The Morgan fingerprint density at radius 2 is 2.05 bits per heavy atom. The highest BCUT2D eigenvalue weighted by Crippen LogP contribution is 2.28. The Balaban J connectivity index is 1.98. The predicted octanol–water partition coefficient (Wildman–Crippen LogP) is 4.35. The van der Waals surface area contributed by atoms with Crippen molar-refractivity contribution in [3.05, 3.63) is 18.0 Å². The Hall–Kier alpha value is -0.830. The van der Waals surface area contributed by atoms with Crippen molar-refractivity contribution in [3.63, 3.8) is 0 Å². The van der Waals surface area contributed by atoms with Gasteiger partial charge < -0.3 is 5.32 Å². The Bertz CT molecular complexity index is 393. The molecule has 1 saturated carbocycles. The Morgan fingerprint density at radius 3 is 2.71 bits per heavy atom. The molecule has 1 fully saturated rings. The van der Waals surface area contributed by atoms with Crippen molar-refractivity contribution in [2.24, 2.45) is 5.92 Å². The number of rotatable bonds is 8. The van der Waals surface area contributed by atoms with Gasteiger partial charge in [-0.1, -0.05) is 33.1 Å². The maximum absolute atomic E-state index is 4.80. The molecule has 2 unspecified atom stereocenters. The molecule has 1 aromatic rings. The minimum absolute atomic E-state index is 0.510. The minimum Gasteiger partial charge on any atom is -0.313 e. The first-order chi connectivity index (χ1) is 10.2. The van der Waals surface area contributed by atoms with Crippen molar-refractivity contribution in [3.8, 4) is 0 Å². The average molecular weight is 291 g/mol. The van der Waals surface area contributed by atoms with E-state index < -0.39 is 0 Å². The van der Waals surface area contributed by atoms with Gasteiger partial charge in [-0.2, -0.15) is 5.10 Å². The number of nitrogens with zero attached hydrogens (tertiary/aromatic N) is 2. The van der Waals surface area contributed by atoms with Crippen molar-refractivity contribution < 1.29 is 0 Å². The molecule has 0 aromatic carbocycles. The molecule has 3 heteroatoms. The molecule has 3 nitrogen and oxygen atoms in total. The summed E-state index contributed by atoms with van der Waals surface area (Å²) in [6.45, 7) is 7.85. The van der Waals surface area contributed by atoms with Crippen LogP contribution in [0.1, 0.15) is 77.5 Å². The maximum atomic E-state index is 4.80. The molecule has 2 rings (SSSR count). The zero-order valence-corrected chi connectivity index (χ0v) is 14.1. The molecule has 0 saturated heterocycles. The second-order valence-electron chi connectivity index (χ2n) is 6.71. The molecule has 1 aromatic heterocycles. The lowest BCUT2D eigenvalue weighted by Crippen LogP contribution is -2.39. The third-order valence-corrected chi connectivity index (χ3v) is 5.01. The van der Waals surface area contributed by atoms with E-state index in [0.717, 1.165) is 25.3 Å². The van der Waals surface area contributed by atoms with Gasteiger partial charge in [0.05, 0.1) is 5.69 Å². The van der Waals surface area contributed by atoms with Gasteiger partial charge in [0.1, 0.15) is 0 Å². The van der Waals surface area contributed by atoms with E-state index in [2.05, 4.69) is 43.0 Å². The molecular formula is C18H33N3. The maximum Gasteiger partial charge on any atom is 0.0640 e. The van der Waals surface area contributed by atoms with Gasteiger partial charge in [0.2, 0.25) is 0 Å². The molecule has 0 spiro atoms. The second kappa shape index (κ2) is 8.57. The van der Waals surface area contributed by atoms with Gasteiger partial charge in [-0.15, -0.1) is 0 Å². The molecule has 0 bridgehead atoms. The molecule has 2 atom stereocenters. The molecule has 1 aliphatic rings. The third-order valence-electron chi connectivity index (χ3n) is 5.01. The quantitative estimate of drug-likeness (QED) is 0.772. The van der Waals surface area contributed by atoms with Gasteiger partial charge in [0.25, 0.3) is 0 Å². The van der Waals surface area contributed by atoms with Crippen LogP contribution in [0.4, 0.5) is 0 Å². The fourth-order valence-corrected chi connectivity index (χ4v) is 3.42. The first kappa shape index (κ1) is 16.5. The highest BCUT2D eigenvalue weighted by molar-refractivity contribution is 5.03. The molecule has 21 heavy (non-hydrogen) atoms. The SMILES string of the molecule is CCCNC(Cc1ccn(C(C)CC)n1)C1CCCCC1. The van der Waals surface area contributed by atoms with Gasteiger partial charge in [-0.25, -0.2) is 0 Å². The van der Waals surface area contributed by atoms with Crippen LogP contribution in [-0.2, 0) is 6.42 Å². The van der Waals surface area contributed by atoms with Gasteiger partial charge in [0.15, 0.2) is 0 Å². The number of aromatic nitrogens is 2. The van der Waals surface area contributed by atoms with Gasteiger partial charge >= 0.3 is 0 Å². The monoisotopic (exact) mass is 291 g/mol. The van der Waals surface area contributed by atoms with Crippen LogP contribution < -0.4 is 5.32 Å². The van der Waals surface area contributed by atoms with Crippen LogP contribution in [0.2, 0.25) is 0 Å². The molecule has 1 aliphatic carbocycles. The highest BCUT2D eigenvalue weighted by atomic mass is 15.3. The fourth-order valence-electron chi connectivity index (χ4n) is 3.42. The lowest BCUT2D eigenvalue weighted by Gasteiger charge is -2.30. The summed E-state index contributed by atoms with van der Waals surface area (Å²) in [6.07, 6.45) is 12.6. The second-order valence-corrected chi connectivity index (χ2v) is 6.71. The highest BCUT2D eigenvalue weighted by Gasteiger charge is 2.24. The lowest BCUT2D eigenvalue weighted by atomic mass is 9.82. The van der Waals surface area contributed by atoms with Crippen LogP contribution in [0.25, 0.3) is 0 Å². The van der Waals surface area contributed by atoms with E-state index in [0.29, 0.717) is 12.1 Å². The van der Waals surface area contributed by atoms with E-state index in [-0.39, 0.29) is 0 Å². The summed E-state index contributed by atoms with van der Waals surface area (Å²) >= 11 is 0. The summed E-state index contributed by atoms with van der Waals surface area (Å²) in [4.78, 5) is 0. The summed E-state index contributed by atoms with van der Waals surface area (Å²) in [5.41, 5.74) is 1.26. The summed E-state index contributed by atoms with van der Waals surface area (Å²) in [6, 6.07) is 3.34. The van der Waals surface area contributed by atoms with E-state index in [1.807, 2.05) is 0 Å². The van der Waals surface area contributed by atoms with Crippen LogP contribution in [0.15, 0.2) is 12.3 Å². The molecule has 0 aliphatic heterocycles. The van der Waals surface area contributed by atoms with Crippen LogP contribution >= 0.6 is 0 Å². The largest absolute Gasteiger partial charge is 0.313 e. The third kappa shape index (κ3) is 4.84. The predicted molar refractivity (Wildman–Crippen MR) is 89.6 cm³/mol. The first-order valence-corrected chi connectivity index (χ1v) is 9.02. The lowest BCUT2D eigenvalue weighted by molar-refractivity contribution is 0.265. The van der Waals surface area contributed by atoms with Crippen molar-refractivity contribution in [2.45, 2.75) is 84.2 Å². The Kier molecular flexibility index (Phi) is 6.75. The van der Waals surface area contributed by atoms with E-state index in [1.54, 1.807) is 0 Å². The topological polar surface area (TPSA) is 29.9 Å². The van der Waals surface area contributed by atoms with Crippen molar-refractivity contribution in [2.75, 3.05) is 6.54 Å². The summed E-state index contributed by atoms with van der Waals surface area (Å²) < 4.78 is 2.13.